The fourth-order valence-corrected chi connectivity index (χ4v) is 3.15. The molecule has 2 aliphatic rings. The lowest BCUT2D eigenvalue weighted by Crippen LogP contribution is -2.40. The highest BCUT2D eigenvalue weighted by Crippen LogP contribution is 2.22. The molecular formula is C17H18FN5O. The van der Waals surface area contributed by atoms with E-state index in [1.807, 2.05) is 0 Å². The highest BCUT2D eigenvalue weighted by molar-refractivity contribution is 6.14. The maximum atomic E-state index is 13.4. The molecule has 24 heavy (non-hydrogen) atoms. The Morgan fingerprint density at radius 1 is 1.21 bits per heavy atom. The zero-order chi connectivity index (χ0) is 16.5. The summed E-state index contributed by atoms with van der Waals surface area (Å²) < 4.78 is 13.4. The number of rotatable bonds is 1. The first-order valence-electron chi connectivity index (χ1n) is 8.20. The van der Waals surface area contributed by atoms with E-state index in [1.165, 1.54) is 18.9 Å². The van der Waals surface area contributed by atoms with E-state index >= 15 is 0 Å². The zero-order valence-electron chi connectivity index (χ0n) is 13.2. The van der Waals surface area contributed by atoms with E-state index in [2.05, 4.69) is 25.2 Å². The molecule has 0 bridgehead atoms. The standard InChI is InChI=1S/C17H18FN5O/c18-12-8-13-11(9-19-15(13)20-10-12)7-14-16(24)22-17(21-14)23-5-3-1-2-4-6-23/h7-10H,1-6H2,(H,19,20)(H,21,22,24)/b14-7-. The second-order valence-corrected chi connectivity index (χ2v) is 6.11. The molecule has 0 aliphatic carbocycles. The summed E-state index contributed by atoms with van der Waals surface area (Å²) in [5.74, 6) is -0.0170. The number of halogens is 1. The molecule has 0 aromatic carbocycles. The number of aromatic nitrogens is 2. The van der Waals surface area contributed by atoms with Gasteiger partial charge in [0.15, 0.2) is 0 Å². The van der Waals surface area contributed by atoms with Crippen LogP contribution in [0.5, 0.6) is 0 Å². The summed E-state index contributed by atoms with van der Waals surface area (Å²) in [6.07, 6.45) is 9.19. The van der Waals surface area contributed by atoms with Crippen LogP contribution < -0.4 is 5.32 Å². The number of hydrogen-bond donors (Lipinski definition) is 2. The monoisotopic (exact) mass is 327 g/mol. The summed E-state index contributed by atoms with van der Waals surface area (Å²) in [5.41, 5.74) is 1.61. The van der Waals surface area contributed by atoms with E-state index in [-0.39, 0.29) is 5.91 Å². The van der Waals surface area contributed by atoms with Crippen LogP contribution in [0.3, 0.4) is 0 Å². The Bertz CT molecular complexity index is 846. The Morgan fingerprint density at radius 3 is 2.79 bits per heavy atom. The van der Waals surface area contributed by atoms with Crippen molar-refractivity contribution in [3.63, 3.8) is 0 Å². The maximum absolute atomic E-state index is 13.4. The third-order valence-corrected chi connectivity index (χ3v) is 4.41. The van der Waals surface area contributed by atoms with Gasteiger partial charge in [0.2, 0.25) is 5.96 Å². The van der Waals surface area contributed by atoms with Crippen LogP contribution >= 0.6 is 0 Å². The fraction of sp³-hybridized carbons (Fsp3) is 0.353. The molecule has 6 nitrogen and oxygen atoms in total. The lowest BCUT2D eigenvalue weighted by molar-refractivity contribution is -0.115. The van der Waals surface area contributed by atoms with Crippen LogP contribution in [0.25, 0.3) is 17.1 Å². The van der Waals surface area contributed by atoms with Crippen LogP contribution in [0.4, 0.5) is 4.39 Å². The summed E-state index contributed by atoms with van der Waals surface area (Å²) in [6.45, 7) is 1.82. The first kappa shape index (κ1) is 14.9. The number of nitrogens with one attached hydrogen (secondary N) is 2. The SMILES string of the molecule is O=C1NC(N2CCCCCC2)=N/C1=C\c1c[nH]c2ncc(F)cc12. The van der Waals surface area contributed by atoms with Gasteiger partial charge in [0.1, 0.15) is 17.2 Å². The van der Waals surface area contributed by atoms with E-state index in [0.29, 0.717) is 28.3 Å². The summed E-state index contributed by atoms with van der Waals surface area (Å²) in [6, 6.07) is 1.40. The molecule has 0 radical (unpaired) electrons. The predicted octanol–water partition coefficient (Wildman–Crippen LogP) is 2.40. The van der Waals surface area contributed by atoms with E-state index < -0.39 is 5.82 Å². The first-order chi connectivity index (χ1) is 11.7. The van der Waals surface area contributed by atoms with Gasteiger partial charge in [-0.3, -0.25) is 10.1 Å². The largest absolute Gasteiger partial charge is 0.346 e. The highest BCUT2D eigenvalue weighted by atomic mass is 19.1. The average Bonchev–Trinajstić information content (AvgIpc) is 3.01. The summed E-state index contributed by atoms with van der Waals surface area (Å²) >= 11 is 0. The van der Waals surface area contributed by atoms with Crippen molar-refractivity contribution in [2.45, 2.75) is 25.7 Å². The van der Waals surface area contributed by atoms with Crippen molar-refractivity contribution < 1.29 is 9.18 Å². The van der Waals surface area contributed by atoms with E-state index in [0.717, 1.165) is 32.1 Å². The number of aromatic amines is 1. The summed E-state index contributed by atoms with van der Waals surface area (Å²) in [5, 5.41) is 3.48. The van der Waals surface area contributed by atoms with Gasteiger partial charge < -0.3 is 9.88 Å². The third kappa shape index (κ3) is 2.77. The van der Waals surface area contributed by atoms with Crippen molar-refractivity contribution in [3.05, 3.63) is 35.5 Å². The molecule has 124 valence electrons. The average molecular weight is 327 g/mol. The number of aliphatic imine (C=N–C) groups is 1. The van der Waals surface area contributed by atoms with Crippen molar-refractivity contribution in [3.8, 4) is 0 Å². The van der Waals surface area contributed by atoms with Gasteiger partial charge in [-0.1, -0.05) is 12.8 Å². The third-order valence-electron chi connectivity index (χ3n) is 4.41. The number of amides is 1. The quantitative estimate of drug-likeness (QED) is 0.790. The van der Waals surface area contributed by atoms with Gasteiger partial charge in [-0.25, -0.2) is 14.4 Å². The summed E-state index contributed by atoms with van der Waals surface area (Å²) in [4.78, 5) is 25.8. The molecule has 4 rings (SSSR count). The number of likely N-dealkylation sites (tertiary alicyclic amines) is 1. The van der Waals surface area contributed by atoms with Crippen LogP contribution in [-0.2, 0) is 4.79 Å². The minimum absolute atomic E-state index is 0.229. The topological polar surface area (TPSA) is 73.4 Å². The number of pyridine rings is 1. The van der Waals surface area contributed by atoms with Crippen molar-refractivity contribution >= 4 is 29.0 Å². The molecule has 7 heteroatoms. The number of nitrogens with zero attached hydrogens (tertiary/aromatic N) is 3. The smallest absolute Gasteiger partial charge is 0.276 e. The zero-order valence-corrected chi connectivity index (χ0v) is 13.2. The molecule has 0 atom stereocenters. The van der Waals surface area contributed by atoms with Gasteiger partial charge in [0.25, 0.3) is 5.91 Å². The fourth-order valence-electron chi connectivity index (χ4n) is 3.15. The normalized spacial score (nSPS) is 20.4. The number of hydrogen-bond acceptors (Lipinski definition) is 4. The van der Waals surface area contributed by atoms with Crippen LogP contribution in [0, 0.1) is 5.82 Å². The number of carbonyl (C=O) groups excluding carboxylic acids is 1. The molecule has 0 saturated carbocycles. The first-order valence-corrected chi connectivity index (χ1v) is 8.20. The second-order valence-electron chi connectivity index (χ2n) is 6.11. The van der Waals surface area contributed by atoms with Crippen molar-refractivity contribution in [2.75, 3.05) is 13.1 Å². The number of H-pyrrole nitrogens is 1. The van der Waals surface area contributed by atoms with Gasteiger partial charge in [-0.2, -0.15) is 0 Å². The Hall–Kier alpha value is -2.70. The highest BCUT2D eigenvalue weighted by Gasteiger charge is 2.25. The van der Waals surface area contributed by atoms with Gasteiger partial charge in [-0.05, 0) is 25.0 Å². The lowest BCUT2D eigenvalue weighted by atomic mass is 10.2. The molecule has 1 saturated heterocycles. The van der Waals surface area contributed by atoms with Gasteiger partial charge in [-0.15, -0.1) is 0 Å². The predicted molar refractivity (Wildman–Crippen MR) is 89.6 cm³/mol. The van der Waals surface area contributed by atoms with E-state index in [1.54, 1.807) is 12.3 Å². The second kappa shape index (κ2) is 6.07. The Balaban J connectivity index is 1.65. The van der Waals surface area contributed by atoms with Crippen molar-refractivity contribution in [1.29, 1.82) is 0 Å². The molecule has 2 aliphatic heterocycles. The number of fused-ring (bicyclic) bond motifs is 1. The molecule has 2 aromatic rings. The lowest BCUT2D eigenvalue weighted by Gasteiger charge is -2.20. The molecule has 1 amide bonds. The molecule has 0 unspecified atom stereocenters. The molecular weight excluding hydrogens is 309 g/mol. The molecule has 1 fully saturated rings. The molecule has 0 spiro atoms. The molecule has 2 N–H and O–H groups in total. The van der Waals surface area contributed by atoms with Crippen molar-refractivity contribution in [1.82, 2.24) is 20.2 Å². The van der Waals surface area contributed by atoms with E-state index in [4.69, 9.17) is 0 Å². The molecule has 2 aromatic heterocycles. The van der Waals surface area contributed by atoms with E-state index in [9.17, 15) is 9.18 Å². The minimum Gasteiger partial charge on any atom is -0.346 e. The Morgan fingerprint density at radius 2 is 2.00 bits per heavy atom. The van der Waals surface area contributed by atoms with Crippen LogP contribution in [-0.4, -0.2) is 39.8 Å². The molecule has 4 heterocycles. The van der Waals surface area contributed by atoms with Gasteiger partial charge >= 0.3 is 0 Å². The van der Waals surface area contributed by atoms with Crippen LogP contribution in [0.15, 0.2) is 29.1 Å². The Labute approximate surface area is 138 Å². The van der Waals surface area contributed by atoms with Crippen LogP contribution in [0.1, 0.15) is 31.2 Å². The van der Waals surface area contributed by atoms with Gasteiger partial charge in [0, 0.05) is 30.2 Å². The Kier molecular flexibility index (Phi) is 3.76. The number of carbonyl (C=O) groups is 1. The van der Waals surface area contributed by atoms with Crippen molar-refractivity contribution in [2.24, 2.45) is 4.99 Å². The van der Waals surface area contributed by atoms with Crippen LogP contribution in [0.2, 0.25) is 0 Å². The minimum atomic E-state index is -0.411. The number of guanidine groups is 1. The summed E-state index contributed by atoms with van der Waals surface area (Å²) in [7, 11) is 0. The van der Waals surface area contributed by atoms with Gasteiger partial charge in [0.05, 0.1) is 6.20 Å². The maximum Gasteiger partial charge on any atom is 0.276 e.